The van der Waals surface area contributed by atoms with Crippen molar-refractivity contribution >= 4 is 17.3 Å². The maximum atomic E-state index is 12.5. The van der Waals surface area contributed by atoms with Crippen LogP contribution in [0.2, 0.25) is 0 Å². The molecule has 1 amide bonds. The van der Waals surface area contributed by atoms with E-state index in [0.717, 1.165) is 29.9 Å². The van der Waals surface area contributed by atoms with Crippen molar-refractivity contribution in [2.24, 2.45) is 0 Å². The fourth-order valence-corrected chi connectivity index (χ4v) is 2.64. The highest BCUT2D eigenvalue weighted by atomic mass is 16.3. The van der Waals surface area contributed by atoms with Crippen molar-refractivity contribution in [3.05, 3.63) is 60.2 Å². The van der Waals surface area contributed by atoms with Gasteiger partial charge in [-0.3, -0.25) is 4.79 Å². The molecule has 1 atom stereocenters. The second-order valence-corrected chi connectivity index (χ2v) is 5.17. The number of hydrogen-bond donors (Lipinski definition) is 2. The third-order valence-corrected chi connectivity index (χ3v) is 3.72. The van der Waals surface area contributed by atoms with Crippen molar-refractivity contribution in [1.82, 2.24) is 0 Å². The van der Waals surface area contributed by atoms with E-state index in [2.05, 4.69) is 5.32 Å². The number of nitrogens with one attached hydrogen (secondary N) is 1. The van der Waals surface area contributed by atoms with Gasteiger partial charge in [-0.15, -0.1) is 0 Å². The topological polar surface area (TPSA) is 52.6 Å². The standard InChI is InChI=1S/C17H18N2O2/c20-12-13-5-4-6-14(11-13)18-16-9-10-19(17(16)21)15-7-2-1-3-8-15/h1-8,11,16,18,20H,9-10,12H2. The Kier molecular flexibility index (Phi) is 3.88. The molecule has 2 aromatic carbocycles. The Morgan fingerprint density at radius 1 is 1.14 bits per heavy atom. The minimum atomic E-state index is -0.209. The summed E-state index contributed by atoms with van der Waals surface area (Å²) in [6.45, 7) is 0.727. The highest BCUT2D eigenvalue weighted by Gasteiger charge is 2.32. The smallest absolute Gasteiger partial charge is 0.249 e. The van der Waals surface area contributed by atoms with Crippen molar-refractivity contribution in [3.63, 3.8) is 0 Å². The van der Waals surface area contributed by atoms with Crippen molar-refractivity contribution < 1.29 is 9.90 Å². The van der Waals surface area contributed by atoms with Gasteiger partial charge >= 0.3 is 0 Å². The van der Waals surface area contributed by atoms with Gasteiger partial charge in [0.1, 0.15) is 6.04 Å². The molecule has 0 saturated carbocycles. The minimum absolute atomic E-state index is 0.00424. The van der Waals surface area contributed by atoms with Gasteiger partial charge in [0.2, 0.25) is 5.91 Å². The van der Waals surface area contributed by atoms with Crippen LogP contribution in [0.15, 0.2) is 54.6 Å². The van der Waals surface area contributed by atoms with Crippen LogP contribution in [0.5, 0.6) is 0 Å². The lowest BCUT2D eigenvalue weighted by atomic mass is 10.2. The lowest BCUT2D eigenvalue weighted by molar-refractivity contribution is -0.117. The van der Waals surface area contributed by atoms with Crippen LogP contribution in [0.1, 0.15) is 12.0 Å². The third kappa shape index (κ3) is 2.90. The van der Waals surface area contributed by atoms with E-state index in [1.54, 1.807) is 0 Å². The highest BCUT2D eigenvalue weighted by Crippen LogP contribution is 2.23. The average molecular weight is 282 g/mol. The summed E-state index contributed by atoms with van der Waals surface area (Å²) >= 11 is 0. The molecule has 1 heterocycles. The predicted octanol–water partition coefficient (Wildman–Crippen LogP) is 2.40. The number of benzene rings is 2. The maximum Gasteiger partial charge on any atom is 0.249 e. The first-order valence-electron chi connectivity index (χ1n) is 7.10. The van der Waals surface area contributed by atoms with Crippen LogP contribution >= 0.6 is 0 Å². The molecule has 1 unspecified atom stereocenters. The van der Waals surface area contributed by atoms with Crippen molar-refractivity contribution in [2.45, 2.75) is 19.1 Å². The first-order valence-corrected chi connectivity index (χ1v) is 7.10. The molecule has 1 saturated heterocycles. The number of carbonyl (C=O) groups excluding carboxylic acids is 1. The number of aliphatic hydroxyl groups excluding tert-OH is 1. The zero-order valence-electron chi connectivity index (χ0n) is 11.7. The Bertz CT molecular complexity index is 628. The summed E-state index contributed by atoms with van der Waals surface area (Å²) < 4.78 is 0. The number of rotatable bonds is 4. The Morgan fingerprint density at radius 2 is 1.95 bits per heavy atom. The lowest BCUT2D eigenvalue weighted by Gasteiger charge is -2.17. The van der Waals surface area contributed by atoms with E-state index in [1.807, 2.05) is 59.5 Å². The van der Waals surface area contributed by atoms with Gasteiger partial charge in [0.15, 0.2) is 0 Å². The summed E-state index contributed by atoms with van der Waals surface area (Å²) in [7, 11) is 0. The SMILES string of the molecule is O=C1C(Nc2cccc(CO)c2)CCN1c1ccccc1. The molecule has 2 aromatic rings. The second kappa shape index (κ2) is 5.97. The number of para-hydroxylation sites is 1. The van der Waals surface area contributed by atoms with E-state index in [-0.39, 0.29) is 18.6 Å². The zero-order valence-corrected chi connectivity index (χ0v) is 11.7. The molecule has 0 radical (unpaired) electrons. The molecular formula is C17H18N2O2. The second-order valence-electron chi connectivity index (χ2n) is 5.17. The van der Waals surface area contributed by atoms with E-state index < -0.39 is 0 Å². The fourth-order valence-electron chi connectivity index (χ4n) is 2.64. The van der Waals surface area contributed by atoms with Gasteiger partial charge in [-0.25, -0.2) is 0 Å². The van der Waals surface area contributed by atoms with Gasteiger partial charge in [-0.05, 0) is 36.2 Å². The molecule has 108 valence electrons. The molecule has 2 N–H and O–H groups in total. The number of anilines is 2. The first-order chi connectivity index (χ1) is 10.3. The summed E-state index contributed by atoms with van der Waals surface area (Å²) in [5.41, 5.74) is 2.65. The van der Waals surface area contributed by atoms with Crippen LogP contribution in [0, 0.1) is 0 Å². The van der Waals surface area contributed by atoms with Crippen molar-refractivity contribution in [3.8, 4) is 0 Å². The zero-order chi connectivity index (χ0) is 14.7. The fraction of sp³-hybridized carbons (Fsp3) is 0.235. The average Bonchev–Trinajstić information content (AvgIpc) is 2.89. The molecule has 1 aliphatic heterocycles. The quantitative estimate of drug-likeness (QED) is 0.905. The molecule has 1 fully saturated rings. The number of hydrogen-bond acceptors (Lipinski definition) is 3. The summed E-state index contributed by atoms with van der Waals surface area (Å²) in [6, 6.07) is 17.0. The van der Waals surface area contributed by atoms with Crippen LogP contribution < -0.4 is 10.2 Å². The lowest BCUT2D eigenvalue weighted by Crippen LogP contribution is -2.33. The molecule has 21 heavy (non-hydrogen) atoms. The van der Waals surface area contributed by atoms with Gasteiger partial charge in [0, 0.05) is 17.9 Å². The normalized spacial score (nSPS) is 18.0. The van der Waals surface area contributed by atoms with Gasteiger partial charge in [0.25, 0.3) is 0 Å². The predicted molar refractivity (Wildman–Crippen MR) is 83.2 cm³/mol. The van der Waals surface area contributed by atoms with E-state index in [0.29, 0.717) is 0 Å². The highest BCUT2D eigenvalue weighted by molar-refractivity contribution is 6.00. The minimum Gasteiger partial charge on any atom is -0.392 e. The Balaban J connectivity index is 1.72. The van der Waals surface area contributed by atoms with E-state index in [4.69, 9.17) is 5.11 Å². The molecule has 0 bridgehead atoms. The van der Waals surface area contributed by atoms with Crippen LogP contribution in [0.25, 0.3) is 0 Å². The van der Waals surface area contributed by atoms with Crippen LogP contribution in [0.3, 0.4) is 0 Å². The molecule has 0 aromatic heterocycles. The number of nitrogens with zero attached hydrogens (tertiary/aromatic N) is 1. The number of aliphatic hydroxyl groups is 1. The summed E-state index contributed by atoms with van der Waals surface area (Å²) in [4.78, 5) is 14.3. The molecule has 0 aliphatic carbocycles. The van der Waals surface area contributed by atoms with Gasteiger partial charge < -0.3 is 15.3 Å². The van der Waals surface area contributed by atoms with Crippen molar-refractivity contribution in [1.29, 1.82) is 0 Å². The Morgan fingerprint density at radius 3 is 2.71 bits per heavy atom. The molecule has 3 rings (SSSR count). The van der Waals surface area contributed by atoms with E-state index in [1.165, 1.54) is 0 Å². The third-order valence-electron chi connectivity index (χ3n) is 3.72. The first kappa shape index (κ1) is 13.6. The van der Waals surface area contributed by atoms with E-state index >= 15 is 0 Å². The van der Waals surface area contributed by atoms with Crippen LogP contribution in [-0.2, 0) is 11.4 Å². The van der Waals surface area contributed by atoms with Gasteiger partial charge in [-0.2, -0.15) is 0 Å². The summed E-state index contributed by atoms with van der Waals surface area (Å²) in [5, 5.41) is 12.4. The molecule has 4 nitrogen and oxygen atoms in total. The van der Waals surface area contributed by atoms with Crippen LogP contribution in [0.4, 0.5) is 11.4 Å². The Hall–Kier alpha value is -2.33. The number of amides is 1. The van der Waals surface area contributed by atoms with E-state index in [9.17, 15) is 4.79 Å². The molecular weight excluding hydrogens is 264 g/mol. The maximum absolute atomic E-state index is 12.5. The van der Waals surface area contributed by atoms with Crippen LogP contribution in [-0.4, -0.2) is 23.6 Å². The van der Waals surface area contributed by atoms with Gasteiger partial charge in [0.05, 0.1) is 6.61 Å². The molecule has 0 spiro atoms. The molecule has 4 heteroatoms. The molecule has 1 aliphatic rings. The number of carbonyl (C=O) groups is 1. The Labute approximate surface area is 124 Å². The van der Waals surface area contributed by atoms with Gasteiger partial charge in [-0.1, -0.05) is 30.3 Å². The largest absolute Gasteiger partial charge is 0.392 e. The van der Waals surface area contributed by atoms with Crippen molar-refractivity contribution in [2.75, 3.05) is 16.8 Å². The summed E-state index contributed by atoms with van der Waals surface area (Å²) in [6.07, 6.45) is 0.775. The monoisotopic (exact) mass is 282 g/mol. The summed E-state index contributed by atoms with van der Waals surface area (Å²) in [5.74, 6) is 0.0931.